The predicted molar refractivity (Wildman–Crippen MR) is 87.3 cm³/mol. The Morgan fingerprint density at radius 1 is 1.09 bits per heavy atom. The molecule has 0 aromatic carbocycles. The van der Waals surface area contributed by atoms with Crippen LogP contribution >= 0.6 is 7.80 Å². The molecule has 0 amide bonds. The van der Waals surface area contributed by atoms with Gasteiger partial charge in [0.25, 0.3) is 0 Å². The second-order valence-electron chi connectivity index (χ2n) is 5.94. The molecule has 0 aliphatic rings. The molecular formula is C15H29NO5P+. The van der Waals surface area contributed by atoms with E-state index >= 15 is 0 Å². The van der Waals surface area contributed by atoms with Crippen molar-refractivity contribution < 1.29 is 28.1 Å². The molecule has 0 saturated carbocycles. The fourth-order valence-electron chi connectivity index (χ4n) is 1.69. The molecule has 0 aliphatic heterocycles. The van der Waals surface area contributed by atoms with E-state index in [4.69, 9.17) is 9.47 Å². The molecule has 0 rings (SSSR count). The van der Waals surface area contributed by atoms with E-state index in [-0.39, 0.29) is 12.4 Å². The van der Waals surface area contributed by atoms with Gasteiger partial charge in [0.1, 0.15) is 7.80 Å². The van der Waals surface area contributed by atoms with Crippen LogP contribution in [0.2, 0.25) is 0 Å². The van der Waals surface area contributed by atoms with E-state index in [1.807, 2.05) is 35.0 Å². The van der Waals surface area contributed by atoms with Crippen molar-refractivity contribution in [3.63, 3.8) is 0 Å². The minimum atomic E-state index is -1.84. The van der Waals surface area contributed by atoms with E-state index in [0.717, 1.165) is 25.0 Å². The molecule has 0 radical (unpaired) electrons. The van der Waals surface area contributed by atoms with Gasteiger partial charge in [0.05, 0.1) is 27.7 Å². The minimum absolute atomic E-state index is 0.0726. The number of carbonyl (C=O) groups excluding carboxylic acids is 2. The smallest absolute Gasteiger partial charge is 0.331 e. The fraction of sp³-hybridized carbons (Fsp3) is 0.733. The van der Waals surface area contributed by atoms with Crippen LogP contribution in [0.15, 0.2) is 12.2 Å². The Kier molecular flexibility index (Phi) is 10.0. The number of hydrogen-bond acceptors (Lipinski definition) is 5. The first-order chi connectivity index (χ1) is 10.2. The molecule has 0 bridgehead atoms. The maximum absolute atomic E-state index is 12.1. The third-order valence-electron chi connectivity index (χ3n) is 3.14. The largest absolute Gasteiger partial charge is 0.463 e. The van der Waals surface area contributed by atoms with Crippen molar-refractivity contribution in [3.8, 4) is 0 Å². The van der Waals surface area contributed by atoms with Gasteiger partial charge >= 0.3 is 11.9 Å². The van der Waals surface area contributed by atoms with Gasteiger partial charge in [-0.25, -0.2) is 9.59 Å². The highest BCUT2D eigenvalue weighted by molar-refractivity contribution is 7.45. The van der Waals surface area contributed by atoms with E-state index < -0.39 is 19.7 Å². The van der Waals surface area contributed by atoms with Crippen LogP contribution in [0.4, 0.5) is 0 Å². The van der Waals surface area contributed by atoms with Gasteiger partial charge in [-0.2, -0.15) is 0 Å². The summed E-state index contributed by atoms with van der Waals surface area (Å²) in [5, 5.41) is 0. The van der Waals surface area contributed by atoms with E-state index in [2.05, 4.69) is 0 Å². The highest BCUT2D eigenvalue weighted by Gasteiger charge is 2.30. The lowest BCUT2D eigenvalue weighted by atomic mass is 10.4. The maximum Gasteiger partial charge on any atom is 0.331 e. The van der Waals surface area contributed by atoms with Gasteiger partial charge in [-0.3, -0.25) is 0 Å². The second-order valence-corrected chi connectivity index (χ2v) is 8.24. The normalized spacial score (nSPS) is 14.6. The van der Waals surface area contributed by atoms with Crippen LogP contribution in [0, 0.1) is 0 Å². The van der Waals surface area contributed by atoms with Crippen LogP contribution in [0.25, 0.3) is 0 Å². The minimum Gasteiger partial charge on any atom is -0.463 e. The molecule has 0 aromatic rings. The number of carbonyl (C=O) groups is 2. The van der Waals surface area contributed by atoms with Gasteiger partial charge in [0.15, 0.2) is 12.4 Å². The van der Waals surface area contributed by atoms with Crippen molar-refractivity contribution in [1.29, 1.82) is 0 Å². The Morgan fingerprint density at radius 2 is 1.64 bits per heavy atom. The number of ether oxygens (including phenoxy) is 2. The quantitative estimate of drug-likeness (QED) is 0.201. The predicted octanol–water partition coefficient (Wildman–Crippen LogP) is 2.04. The molecule has 0 heterocycles. The first kappa shape index (κ1) is 20.9. The summed E-state index contributed by atoms with van der Waals surface area (Å²) in [7, 11) is 3.91. The maximum atomic E-state index is 12.1. The van der Waals surface area contributed by atoms with Gasteiger partial charge in [0, 0.05) is 18.3 Å². The standard InChI is InChI=1S/C15H29NO5P/c1-6-8-11-20-14(17)9-10-15(18)21-12-13(16(3,4)5)22(19)7-2/h9-10,13,22H,6-8,11-12H2,1-5H3/q+1/b10-9+. The summed E-state index contributed by atoms with van der Waals surface area (Å²) >= 11 is 0. The molecule has 0 aromatic heterocycles. The average Bonchev–Trinajstić information content (AvgIpc) is 2.43. The summed E-state index contributed by atoms with van der Waals surface area (Å²) in [4.78, 5) is 22.9. The summed E-state index contributed by atoms with van der Waals surface area (Å²) in [6.45, 7) is 4.27. The van der Waals surface area contributed by atoms with Crippen molar-refractivity contribution in [3.05, 3.63) is 12.2 Å². The van der Waals surface area contributed by atoms with E-state index in [1.54, 1.807) is 0 Å². The number of nitrogens with zero attached hydrogens (tertiary/aromatic N) is 1. The van der Waals surface area contributed by atoms with Gasteiger partial charge in [0.2, 0.25) is 0 Å². The Hall–Kier alpha value is -1.13. The van der Waals surface area contributed by atoms with Crippen molar-refractivity contribution in [2.75, 3.05) is 40.5 Å². The highest BCUT2D eigenvalue weighted by Crippen LogP contribution is 2.32. The Balaban J connectivity index is 4.35. The van der Waals surface area contributed by atoms with Gasteiger partial charge in [-0.1, -0.05) is 20.3 Å². The Labute approximate surface area is 133 Å². The van der Waals surface area contributed by atoms with E-state index in [0.29, 0.717) is 17.3 Å². The monoisotopic (exact) mass is 334 g/mol. The van der Waals surface area contributed by atoms with Crippen LogP contribution in [-0.2, 0) is 23.6 Å². The molecule has 0 spiro atoms. The van der Waals surface area contributed by atoms with Crippen molar-refractivity contribution in [2.45, 2.75) is 32.5 Å². The number of unbranched alkanes of at least 4 members (excludes halogenated alkanes) is 1. The first-order valence-corrected chi connectivity index (χ1v) is 9.27. The number of esters is 2. The summed E-state index contributed by atoms with van der Waals surface area (Å²) in [5.74, 6) is -1.42. The molecular weight excluding hydrogens is 305 g/mol. The third kappa shape index (κ3) is 9.00. The zero-order valence-electron chi connectivity index (χ0n) is 14.3. The lowest BCUT2D eigenvalue weighted by Gasteiger charge is -2.32. The molecule has 0 aliphatic carbocycles. The zero-order valence-corrected chi connectivity index (χ0v) is 15.3. The Bertz CT molecular complexity index is 415. The lowest BCUT2D eigenvalue weighted by molar-refractivity contribution is -0.882. The molecule has 0 fully saturated rings. The average molecular weight is 334 g/mol. The molecule has 2 unspecified atom stereocenters. The molecule has 0 N–H and O–H groups in total. The zero-order chi connectivity index (χ0) is 17.2. The summed E-state index contributed by atoms with van der Waals surface area (Å²) < 4.78 is 22.5. The molecule has 0 saturated heterocycles. The van der Waals surface area contributed by atoms with Gasteiger partial charge < -0.3 is 18.5 Å². The summed E-state index contributed by atoms with van der Waals surface area (Å²) in [5.41, 5.74) is 0. The van der Waals surface area contributed by atoms with Crippen molar-refractivity contribution in [1.82, 2.24) is 0 Å². The van der Waals surface area contributed by atoms with E-state index in [9.17, 15) is 14.2 Å². The molecule has 128 valence electrons. The molecule has 6 nitrogen and oxygen atoms in total. The molecule has 7 heteroatoms. The van der Waals surface area contributed by atoms with Crippen LogP contribution in [0.5, 0.6) is 0 Å². The summed E-state index contributed by atoms with van der Waals surface area (Å²) in [6.07, 6.45) is 4.40. The fourth-order valence-corrected chi connectivity index (χ4v) is 3.30. The number of likely N-dealkylation sites (N-methyl/N-ethyl adjacent to an activating group) is 1. The summed E-state index contributed by atoms with van der Waals surface area (Å²) in [6, 6.07) is 0. The first-order valence-electron chi connectivity index (χ1n) is 7.57. The number of hydrogen-bond donors (Lipinski definition) is 0. The SMILES string of the molecule is CCCCOC(=O)/C=C/C(=O)OCC([PH](=O)CC)[N+](C)(C)C. The van der Waals surface area contributed by atoms with Crippen LogP contribution in [0.1, 0.15) is 26.7 Å². The lowest BCUT2D eigenvalue weighted by Crippen LogP contribution is -2.46. The van der Waals surface area contributed by atoms with Gasteiger partial charge in [-0.05, 0) is 6.42 Å². The van der Waals surface area contributed by atoms with Crippen molar-refractivity contribution >= 4 is 19.7 Å². The van der Waals surface area contributed by atoms with E-state index in [1.165, 1.54) is 0 Å². The van der Waals surface area contributed by atoms with Crippen molar-refractivity contribution in [2.24, 2.45) is 0 Å². The molecule has 2 atom stereocenters. The van der Waals surface area contributed by atoms with Crippen LogP contribution < -0.4 is 0 Å². The van der Waals surface area contributed by atoms with Crippen LogP contribution in [-0.4, -0.2) is 62.7 Å². The van der Waals surface area contributed by atoms with Gasteiger partial charge in [-0.15, -0.1) is 0 Å². The number of quaternary nitrogens is 1. The Morgan fingerprint density at radius 3 is 2.09 bits per heavy atom. The third-order valence-corrected chi connectivity index (χ3v) is 5.52. The highest BCUT2D eigenvalue weighted by atomic mass is 31.1. The second kappa shape index (κ2) is 10.6. The molecule has 22 heavy (non-hydrogen) atoms. The van der Waals surface area contributed by atoms with Crippen LogP contribution in [0.3, 0.4) is 0 Å². The number of rotatable bonds is 10. The topological polar surface area (TPSA) is 69.7 Å².